The highest BCUT2D eigenvalue weighted by molar-refractivity contribution is 5.97. The van der Waals surface area contributed by atoms with Crippen molar-refractivity contribution in [1.29, 1.82) is 0 Å². The molecule has 1 unspecified atom stereocenters. The second-order valence-electron chi connectivity index (χ2n) is 7.89. The molecule has 31 heavy (non-hydrogen) atoms. The molecular weight excluding hydrogens is 390 g/mol. The molecule has 0 bridgehead atoms. The molecule has 1 atom stereocenters. The van der Waals surface area contributed by atoms with Crippen LogP contribution in [0.5, 0.6) is 0 Å². The van der Waals surface area contributed by atoms with E-state index in [0.717, 1.165) is 36.3 Å². The molecule has 0 fully saturated rings. The summed E-state index contributed by atoms with van der Waals surface area (Å²) in [6.07, 6.45) is 2.39. The molecule has 4 rings (SSSR count). The minimum Gasteiger partial charge on any atom is -0.357 e. The third-order valence-corrected chi connectivity index (χ3v) is 5.75. The van der Waals surface area contributed by atoms with E-state index in [1.165, 1.54) is 5.56 Å². The fourth-order valence-electron chi connectivity index (χ4n) is 4.27. The SMILES string of the molecule is CCNC(=NCC(=O)N1CCCc2ccccc21)NCC1CC(=O)Nc2ccccc21. The summed E-state index contributed by atoms with van der Waals surface area (Å²) in [5.41, 5.74) is 4.19. The largest absolute Gasteiger partial charge is 0.357 e. The van der Waals surface area contributed by atoms with Crippen LogP contribution in [0.15, 0.2) is 53.5 Å². The summed E-state index contributed by atoms with van der Waals surface area (Å²) in [6.45, 7) is 4.04. The van der Waals surface area contributed by atoms with Crippen LogP contribution in [0.3, 0.4) is 0 Å². The van der Waals surface area contributed by atoms with Crippen LogP contribution < -0.4 is 20.9 Å². The monoisotopic (exact) mass is 419 g/mol. The number of nitrogens with zero attached hydrogens (tertiary/aromatic N) is 2. The third-order valence-electron chi connectivity index (χ3n) is 5.75. The number of hydrogen-bond acceptors (Lipinski definition) is 3. The zero-order valence-corrected chi connectivity index (χ0v) is 17.9. The van der Waals surface area contributed by atoms with Gasteiger partial charge in [-0.1, -0.05) is 36.4 Å². The molecule has 2 aliphatic rings. The Balaban J connectivity index is 1.41. The molecule has 2 aromatic carbocycles. The lowest BCUT2D eigenvalue weighted by Gasteiger charge is -2.29. The van der Waals surface area contributed by atoms with Crippen LogP contribution in [0.25, 0.3) is 0 Å². The third kappa shape index (κ3) is 4.87. The standard InChI is InChI=1S/C24H29N5O2/c1-2-25-24(26-15-18-14-22(30)28-20-11-5-4-10-19(18)20)27-16-23(31)29-13-7-9-17-8-3-6-12-21(17)29/h3-6,8,10-12,18H,2,7,9,13-16H2,1H3,(H,28,30)(H2,25,26,27). The average Bonchev–Trinajstić information content (AvgIpc) is 2.80. The summed E-state index contributed by atoms with van der Waals surface area (Å²) in [5, 5.41) is 9.44. The number of para-hydroxylation sites is 2. The van der Waals surface area contributed by atoms with Crippen molar-refractivity contribution in [2.24, 2.45) is 4.99 Å². The van der Waals surface area contributed by atoms with Crippen molar-refractivity contribution in [3.05, 3.63) is 59.7 Å². The maximum Gasteiger partial charge on any atom is 0.248 e. The van der Waals surface area contributed by atoms with Crippen molar-refractivity contribution in [2.45, 2.75) is 32.1 Å². The number of carbonyl (C=O) groups is 2. The Morgan fingerprint density at radius 1 is 1.16 bits per heavy atom. The predicted molar refractivity (Wildman–Crippen MR) is 124 cm³/mol. The quantitative estimate of drug-likeness (QED) is 0.514. The summed E-state index contributed by atoms with van der Waals surface area (Å²) in [6, 6.07) is 15.9. The Labute approximate surface area is 182 Å². The molecule has 2 aliphatic heterocycles. The summed E-state index contributed by atoms with van der Waals surface area (Å²) in [5.74, 6) is 0.654. The first-order chi connectivity index (χ1) is 15.2. The van der Waals surface area contributed by atoms with E-state index < -0.39 is 0 Å². The van der Waals surface area contributed by atoms with Crippen LogP contribution in [-0.2, 0) is 16.0 Å². The van der Waals surface area contributed by atoms with Gasteiger partial charge in [0, 0.05) is 43.3 Å². The molecule has 7 nitrogen and oxygen atoms in total. The van der Waals surface area contributed by atoms with Gasteiger partial charge < -0.3 is 20.9 Å². The molecule has 0 aromatic heterocycles. The zero-order chi connectivity index (χ0) is 21.6. The molecule has 7 heteroatoms. The van der Waals surface area contributed by atoms with Crippen molar-refractivity contribution < 1.29 is 9.59 Å². The minimum atomic E-state index is -0.00765. The molecule has 0 aliphatic carbocycles. The van der Waals surface area contributed by atoms with E-state index in [0.29, 0.717) is 25.5 Å². The first kappa shape index (κ1) is 20.9. The number of nitrogens with one attached hydrogen (secondary N) is 3. The summed E-state index contributed by atoms with van der Waals surface area (Å²) < 4.78 is 0. The zero-order valence-electron chi connectivity index (χ0n) is 17.9. The Kier molecular flexibility index (Phi) is 6.50. The highest BCUT2D eigenvalue weighted by Gasteiger charge is 2.25. The molecule has 2 amide bonds. The maximum absolute atomic E-state index is 12.9. The molecule has 0 saturated carbocycles. The first-order valence-corrected chi connectivity index (χ1v) is 10.9. The Hall–Kier alpha value is -3.35. The molecule has 0 radical (unpaired) electrons. The van der Waals surface area contributed by atoms with E-state index in [1.807, 2.05) is 54.3 Å². The van der Waals surface area contributed by atoms with Gasteiger partial charge in [0.1, 0.15) is 6.54 Å². The fourth-order valence-corrected chi connectivity index (χ4v) is 4.27. The van der Waals surface area contributed by atoms with Crippen LogP contribution in [0.2, 0.25) is 0 Å². The lowest BCUT2D eigenvalue weighted by Crippen LogP contribution is -2.42. The van der Waals surface area contributed by atoms with Crippen LogP contribution in [0.1, 0.15) is 36.8 Å². The van der Waals surface area contributed by atoms with Gasteiger partial charge >= 0.3 is 0 Å². The van der Waals surface area contributed by atoms with Crippen LogP contribution in [-0.4, -0.2) is 44.0 Å². The summed E-state index contributed by atoms with van der Waals surface area (Å²) in [4.78, 5) is 31.3. The van der Waals surface area contributed by atoms with Gasteiger partial charge in [0.05, 0.1) is 0 Å². The van der Waals surface area contributed by atoms with E-state index in [-0.39, 0.29) is 24.3 Å². The summed E-state index contributed by atoms with van der Waals surface area (Å²) in [7, 11) is 0. The second kappa shape index (κ2) is 9.64. The van der Waals surface area contributed by atoms with Gasteiger partial charge in [-0.3, -0.25) is 9.59 Å². The van der Waals surface area contributed by atoms with Crippen molar-refractivity contribution in [3.8, 4) is 0 Å². The number of hydrogen-bond donors (Lipinski definition) is 3. The second-order valence-corrected chi connectivity index (χ2v) is 7.89. The van der Waals surface area contributed by atoms with Gasteiger partial charge in [-0.25, -0.2) is 4.99 Å². The Morgan fingerprint density at radius 3 is 2.84 bits per heavy atom. The Bertz CT molecular complexity index is 987. The van der Waals surface area contributed by atoms with Gasteiger partial charge in [-0.05, 0) is 43.0 Å². The number of benzene rings is 2. The minimum absolute atomic E-state index is 0.00765. The number of aliphatic imine (C=N–C) groups is 1. The van der Waals surface area contributed by atoms with Gasteiger partial charge in [0.2, 0.25) is 11.8 Å². The van der Waals surface area contributed by atoms with Crippen LogP contribution in [0, 0.1) is 0 Å². The van der Waals surface area contributed by atoms with Crippen LogP contribution in [0.4, 0.5) is 11.4 Å². The topological polar surface area (TPSA) is 85.8 Å². The molecular formula is C24H29N5O2. The van der Waals surface area contributed by atoms with Crippen molar-refractivity contribution in [1.82, 2.24) is 10.6 Å². The first-order valence-electron chi connectivity index (χ1n) is 10.9. The molecule has 162 valence electrons. The predicted octanol–water partition coefficient (Wildman–Crippen LogP) is 2.65. The van der Waals surface area contributed by atoms with Gasteiger partial charge in [0.25, 0.3) is 0 Å². The van der Waals surface area contributed by atoms with E-state index in [9.17, 15) is 9.59 Å². The molecule has 2 heterocycles. The van der Waals surface area contributed by atoms with Crippen molar-refractivity contribution in [3.63, 3.8) is 0 Å². The highest BCUT2D eigenvalue weighted by Crippen LogP contribution is 2.31. The van der Waals surface area contributed by atoms with Gasteiger partial charge in [-0.2, -0.15) is 0 Å². The Morgan fingerprint density at radius 2 is 1.97 bits per heavy atom. The number of amides is 2. The van der Waals surface area contributed by atoms with E-state index in [4.69, 9.17) is 0 Å². The number of anilines is 2. The van der Waals surface area contributed by atoms with E-state index in [2.05, 4.69) is 27.0 Å². The van der Waals surface area contributed by atoms with Crippen LogP contribution >= 0.6 is 0 Å². The van der Waals surface area contributed by atoms with Crippen molar-refractivity contribution in [2.75, 3.05) is 36.4 Å². The average molecular weight is 420 g/mol. The lowest BCUT2D eigenvalue weighted by atomic mass is 9.90. The van der Waals surface area contributed by atoms with Crippen molar-refractivity contribution >= 4 is 29.1 Å². The number of guanidine groups is 1. The number of rotatable bonds is 5. The highest BCUT2D eigenvalue weighted by atomic mass is 16.2. The van der Waals surface area contributed by atoms with E-state index >= 15 is 0 Å². The van der Waals surface area contributed by atoms with Gasteiger partial charge in [-0.15, -0.1) is 0 Å². The number of fused-ring (bicyclic) bond motifs is 2. The molecule has 0 spiro atoms. The maximum atomic E-state index is 12.9. The molecule has 0 saturated heterocycles. The number of carbonyl (C=O) groups excluding carboxylic acids is 2. The summed E-state index contributed by atoms with van der Waals surface area (Å²) >= 11 is 0. The fraction of sp³-hybridized carbons (Fsp3) is 0.375. The molecule has 3 N–H and O–H groups in total. The lowest BCUT2D eigenvalue weighted by molar-refractivity contribution is -0.117. The normalized spacial score (nSPS) is 18.0. The molecule has 2 aromatic rings. The van der Waals surface area contributed by atoms with Gasteiger partial charge in [0.15, 0.2) is 5.96 Å². The number of aryl methyl sites for hydroxylation is 1. The smallest absolute Gasteiger partial charge is 0.248 e. The van der Waals surface area contributed by atoms with E-state index in [1.54, 1.807) is 0 Å².